The quantitative estimate of drug-likeness (QED) is 0.925. The van der Waals surface area contributed by atoms with Crippen LogP contribution in [0.3, 0.4) is 0 Å². The number of hydrogen-bond donors (Lipinski definition) is 1. The number of carbonyl (C=O) groups excluding carboxylic acids is 1. The van der Waals surface area contributed by atoms with E-state index in [1.807, 2.05) is 19.1 Å². The molecule has 1 aliphatic rings. The fourth-order valence-electron chi connectivity index (χ4n) is 2.80. The Morgan fingerprint density at radius 3 is 3.05 bits per heavy atom. The van der Waals surface area contributed by atoms with Gasteiger partial charge in [-0.15, -0.1) is 0 Å². The standard InChI is InChI=1S/C17H23N3O/c1-13-6-3-8-16(14(13)2)19-17(21)15-7-4-10-20(12-15)11-5-9-18/h3,6,8,15H,4-5,7,10-12H2,1-2H3,(H,19,21). The van der Waals surface area contributed by atoms with Gasteiger partial charge >= 0.3 is 0 Å². The minimum atomic E-state index is 0.0253. The van der Waals surface area contributed by atoms with Gasteiger partial charge in [0, 0.05) is 25.2 Å². The minimum absolute atomic E-state index is 0.0253. The number of piperidine rings is 1. The summed E-state index contributed by atoms with van der Waals surface area (Å²) in [6.45, 7) is 6.61. The molecular weight excluding hydrogens is 262 g/mol. The number of amides is 1. The molecule has 1 aromatic rings. The molecule has 1 amide bonds. The first-order valence-electron chi connectivity index (χ1n) is 7.58. The third-order valence-electron chi connectivity index (χ3n) is 4.28. The molecule has 0 saturated carbocycles. The van der Waals surface area contributed by atoms with Crippen molar-refractivity contribution in [3.05, 3.63) is 29.3 Å². The molecule has 2 rings (SSSR count). The number of nitrogens with zero attached hydrogens (tertiary/aromatic N) is 2. The van der Waals surface area contributed by atoms with E-state index in [4.69, 9.17) is 5.26 Å². The lowest BCUT2D eigenvalue weighted by Gasteiger charge is -2.31. The number of carbonyl (C=O) groups is 1. The molecule has 0 bridgehead atoms. The maximum Gasteiger partial charge on any atom is 0.228 e. The lowest BCUT2D eigenvalue weighted by molar-refractivity contribution is -0.121. The molecule has 112 valence electrons. The monoisotopic (exact) mass is 285 g/mol. The van der Waals surface area contributed by atoms with Crippen molar-refractivity contribution >= 4 is 11.6 Å². The topological polar surface area (TPSA) is 56.1 Å². The lowest BCUT2D eigenvalue weighted by Crippen LogP contribution is -2.41. The Morgan fingerprint density at radius 1 is 1.48 bits per heavy atom. The third kappa shape index (κ3) is 4.05. The molecule has 1 unspecified atom stereocenters. The zero-order valence-electron chi connectivity index (χ0n) is 12.9. The van der Waals surface area contributed by atoms with Gasteiger partial charge in [-0.05, 0) is 50.4 Å². The number of rotatable bonds is 4. The molecule has 21 heavy (non-hydrogen) atoms. The van der Waals surface area contributed by atoms with Gasteiger partial charge in [0.2, 0.25) is 5.91 Å². The van der Waals surface area contributed by atoms with E-state index in [2.05, 4.69) is 29.3 Å². The molecule has 4 nitrogen and oxygen atoms in total. The molecular formula is C17H23N3O. The summed E-state index contributed by atoms with van der Waals surface area (Å²) in [7, 11) is 0. The first kappa shape index (κ1) is 15.5. The van der Waals surface area contributed by atoms with Crippen molar-refractivity contribution in [1.29, 1.82) is 5.26 Å². The zero-order valence-corrected chi connectivity index (χ0v) is 12.9. The molecule has 1 N–H and O–H groups in total. The van der Waals surface area contributed by atoms with Gasteiger partial charge in [0.1, 0.15) is 0 Å². The number of aryl methyl sites for hydroxylation is 1. The predicted octanol–water partition coefficient (Wildman–Crippen LogP) is 2.87. The van der Waals surface area contributed by atoms with E-state index in [1.54, 1.807) is 0 Å². The van der Waals surface area contributed by atoms with E-state index in [0.29, 0.717) is 6.42 Å². The minimum Gasteiger partial charge on any atom is -0.326 e. The number of anilines is 1. The van der Waals surface area contributed by atoms with E-state index in [9.17, 15) is 4.79 Å². The van der Waals surface area contributed by atoms with Crippen LogP contribution >= 0.6 is 0 Å². The second kappa shape index (κ2) is 7.24. The summed E-state index contributed by atoms with van der Waals surface area (Å²) in [6, 6.07) is 8.15. The Balaban J connectivity index is 1.96. The van der Waals surface area contributed by atoms with Gasteiger partial charge < -0.3 is 10.2 Å². The van der Waals surface area contributed by atoms with Gasteiger partial charge in [-0.25, -0.2) is 0 Å². The number of hydrogen-bond acceptors (Lipinski definition) is 3. The van der Waals surface area contributed by atoms with Gasteiger partial charge in [-0.3, -0.25) is 4.79 Å². The summed E-state index contributed by atoms with van der Waals surface area (Å²) in [5.41, 5.74) is 3.23. The normalized spacial score (nSPS) is 19.0. The molecule has 1 atom stereocenters. The van der Waals surface area contributed by atoms with Crippen molar-refractivity contribution in [1.82, 2.24) is 4.90 Å². The summed E-state index contributed by atoms with van der Waals surface area (Å²) >= 11 is 0. The summed E-state index contributed by atoms with van der Waals surface area (Å²) in [4.78, 5) is 14.7. The molecule has 1 heterocycles. The van der Waals surface area contributed by atoms with Gasteiger partial charge in [0.25, 0.3) is 0 Å². The van der Waals surface area contributed by atoms with Crippen molar-refractivity contribution in [2.75, 3.05) is 25.0 Å². The zero-order chi connectivity index (χ0) is 15.2. The molecule has 1 aromatic carbocycles. The van der Waals surface area contributed by atoms with Gasteiger partial charge in [0.05, 0.1) is 12.0 Å². The van der Waals surface area contributed by atoms with Crippen LogP contribution in [0.1, 0.15) is 30.4 Å². The maximum absolute atomic E-state index is 12.4. The smallest absolute Gasteiger partial charge is 0.228 e. The highest BCUT2D eigenvalue weighted by Gasteiger charge is 2.25. The maximum atomic E-state index is 12.4. The van der Waals surface area contributed by atoms with Gasteiger partial charge in [0.15, 0.2) is 0 Å². The predicted molar refractivity (Wildman–Crippen MR) is 83.9 cm³/mol. The number of nitrogens with one attached hydrogen (secondary N) is 1. The lowest BCUT2D eigenvalue weighted by atomic mass is 9.96. The van der Waals surface area contributed by atoms with Crippen molar-refractivity contribution in [2.45, 2.75) is 33.1 Å². The van der Waals surface area contributed by atoms with Crippen molar-refractivity contribution in [3.8, 4) is 6.07 Å². The average molecular weight is 285 g/mol. The Bertz CT molecular complexity index is 547. The van der Waals surface area contributed by atoms with Gasteiger partial charge in [-0.2, -0.15) is 5.26 Å². The molecule has 0 radical (unpaired) electrons. The van der Waals surface area contributed by atoms with E-state index >= 15 is 0 Å². The Labute approximate surface area is 126 Å². The summed E-state index contributed by atoms with van der Waals surface area (Å²) in [6.07, 6.45) is 2.49. The first-order chi connectivity index (χ1) is 10.1. The molecule has 0 spiro atoms. The van der Waals surface area contributed by atoms with E-state index in [0.717, 1.165) is 43.7 Å². The highest BCUT2D eigenvalue weighted by atomic mass is 16.1. The van der Waals surface area contributed by atoms with E-state index < -0.39 is 0 Å². The highest BCUT2D eigenvalue weighted by molar-refractivity contribution is 5.93. The van der Waals surface area contributed by atoms with Crippen molar-refractivity contribution in [3.63, 3.8) is 0 Å². The fourth-order valence-corrected chi connectivity index (χ4v) is 2.80. The average Bonchev–Trinajstić information content (AvgIpc) is 2.50. The third-order valence-corrected chi connectivity index (χ3v) is 4.28. The van der Waals surface area contributed by atoms with Crippen LogP contribution in [0.25, 0.3) is 0 Å². The Morgan fingerprint density at radius 2 is 2.29 bits per heavy atom. The van der Waals surface area contributed by atoms with Crippen LogP contribution in [0.5, 0.6) is 0 Å². The number of likely N-dealkylation sites (tertiary alicyclic amines) is 1. The van der Waals surface area contributed by atoms with Gasteiger partial charge in [-0.1, -0.05) is 12.1 Å². The summed E-state index contributed by atoms with van der Waals surface area (Å²) in [5, 5.41) is 11.7. The van der Waals surface area contributed by atoms with Crippen LogP contribution < -0.4 is 5.32 Å². The van der Waals surface area contributed by atoms with Crippen LogP contribution in [0.4, 0.5) is 5.69 Å². The van der Waals surface area contributed by atoms with Crippen LogP contribution in [-0.2, 0) is 4.79 Å². The van der Waals surface area contributed by atoms with E-state index in [1.165, 1.54) is 5.56 Å². The Hall–Kier alpha value is -1.86. The molecule has 1 aliphatic heterocycles. The second-order valence-corrected chi connectivity index (χ2v) is 5.78. The van der Waals surface area contributed by atoms with E-state index in [-0.39, 0.29) is 11.8 Å². The largest absolute Gasteiger partial charge is 0.326 e. The molecule has 1 saturated heterocycles. The highest BCUT2D eigenvalue weighted by Crippen LogP contribution is 2.22. The molecule has 0 aliphatic carbocycles. The van der Waals surface area contributed by atoms with Crippen molar-refractivity contribution in [2.24, 2.45) is 5.92 Å². The van der Waals surface area contributed by atoms with Crippen LogP contribution in [0.15, 0.2) is 18.2 Å². The second-order valence-electron chi connectivity index (χ2n) is 5.78. The fraction of sp³-hybridized carbons (Fsp3) is 0.529. The Kier molecular flexibility index (Phi) is 5.35. The van der Waals surface area contributed by atoms with Crippen LogP contribution in [-0.4, -0.2) is 30.4 Å². The number of benzene rings is 1. The first-order valence-corrected chi connectivity index (χ1v) is 7.58. The number of nitriles is 1. The molecule has 4 heteroatoms. The van der Waals surface area contributed by atoms with Crippen molar-refractivity contribution < 1.29 is 4.79 Å². The SMILES string of the molecule is Cc1cccc(NC(=O)C2CCCN(CCC#N)C2)c1C. The van der Waals surface area contributed by atoms with Crippen LogP contribution in [0, 0.1) is 31.1 Å². The van der Waals surface area contributed by atoms with Crippen LogP contribution in [0.2, 0.25) is 0 Å². The molecule has 0 aromatic heterocycles. The summed E-state index contributed by atoms with van der Waals surface area (Å²) in [5.74, 6) is 0.128. The molecule has 1 fully saturated rings. The summed E-state index contributed by atoms with van der Waals surface area (Å²) < 4.78 is 0.